The number of para-hydroxylation sites is 1. The van der Waals surface area contributed by atoms with E-state index in [9.17, 15) is 0 Å². The zero-order valence-corrected chi connectivity index (χ0v) is 15.7. The highest BCUT2D eigenvalue weighted by molar-refractivity contribution is 7.80. The molecule has 1 aromatic heterocycles. The Morgan fingerprint density at radius 2 is 0.926 bits per heavy atom. The smallest absolute Gasteiger partial charge is 0.0806 e. The molecule has 0 aliphatic heterocycles. The third-order valence-electron chi connectivity index (χ3n) is 4.83. The summed E-state index contributed by atoms with van der Waals surface area (Å²) in [6, 6.07) is 38.7. The normalized spacial score (nSPS) is 11.3. The molecule has 0 amide bonds. The molecule has 0 unspecified atom stereocenters. The maximum Gasteiger partial charge on any atom is 0.0806 e. The van der Waals surface area contributed by atoms with Crippen LogP contribution in [0.2, 0.25) is 0 Å². The standard InChI is InChI=1S/C25H18NP/c1-3-11-19(12-4-1)27(20-13-5-2-6-14-20)25-23-17-8-7-15-21(23)22-16-9-10-18-24(22)26-25/h1-18H. The average molecular weight is 363 g/mol. The van der Waals surface area contributed by atoms with E-state index in [2.05, 4.69) is 109 Å². The van der Waals surface area contributed by atoms with Gasteiger partial charge in [0.25, 0.3) is 0 Å². The molecule has 0 atom stereocenters. The molecule has 1 nitrogen and oxygen atoms in total. The predicted octanol–water partition coefficient (Wildman–Crippen LogP) is 5.15. The summed E-state index contributed by atoms with van der Waals surface area (Å²) in [5.41, 5.74) is 2.24. The van der Waals surface area contributed by atoms with E-state index < -0.39 is 7.92 Å². The average Bonchev–Trinajstić information content (AvgIpc) is 2.76. The molecule has 0 N–H and O–H groups in total. The third kappa shape index (κ3) is 2.91. The molecule has 0 bridgehead atoms. The molecule has 0 spiro atoms. The molecule has 5 rings (SSSR count). The summed E-state index contributed by atoms with van der Waals surface area (Å²) in [6.45, 7) is 0. The second-order valence-electron chi connectivity index (χ2n) is 6.50. The minimum Gasteiger partial charge on any atom is -0.247 e. The third-order valence-corrected chi connectivity index (χ3v) is 7.22. The lowest BCUT2D eigenvalue weighted by atomic mass is 10.1. The maximum absolute atomic E-state index is 5.19. The lowest BCUT2D eigenvalue weighted by molar-refractivity contribution is 1.50. The van der Waals surface area contributed by atoms with Crippen molar-refractivity contribution in [3.8, 4) is 0 Å². The number of hydrogen-bond acceptors (Lipinski definition) is 1. The SMILES string of the molecule is c1ccc(P(c2ccccc2)c2nc3ccccc3c3ccccc23)cc1. The summed E-state index contributed by atoms with van der Waals surface area (Å²) < 4.78 is 0. The Morgan fingerprint density at radius 3 is 1.56 bits per heavy atom. The lowest BCUT2D eigenvalue weighted by Crippen LogP contribution is -2.23. The monoisotopic (exact) mass is 363 g/mol. The maximum atomic E-state index is 5.19. The number of hydrogen-bond donors (Lipinski definition) is 0. The van der Waals surface area contributed by atoms with Gasteiger partial charge < -0.3 is 0 Å². The van der Waals surface area contributed by atoms with E-state index in [0.29, 0.717) is 0 Å². The summed E-state index contributed by atoms with van der Waals surface area (Å²) >= 11 is 0. The van der Waals surface area contributed by atoms with E-state index >= 15 is 0 Å². The quantitative estimate of drug-likeness (QED) is 0.319. The van der Waals surface area contributed by atoms with Gasteiger partial charge in [-0.05, 0) is 22.1 Å². The molecular formula is C25H18NP. The Balaban J connectivity index is 1.87. The Labute approximate surface area is 160 Å². The first-order valence-electron chi connectivity index (χ1n) is 9.09. The van der Waals surface area contributed by atoms with Gasteiger partial charge in [-0.25, -0.2) is 4.98 Å². The number of nitrogens with zero attached hydrogens (tertiary/aromatic N) is 1. The second-order valence-corrected chi connectivity index (χ2v) is 8.63. The van der Waals surface area contributed by atoms with Gasteiger partial charge in [-0.2, -0.15) is 0 Å². The van der Waals surface area contributed by atoms with Gasteiger partial charge in [0.2, 0.25) is 0 Å². The summed E-state index contributed by atoms with van der Waals surface area (Å²) in [7, 11) is -0.730. The molecule has 0 saturated carbocycles. The van der Waals surface area contributed by atoms with Crippen molar-refractivity contribution in [2.24, 2.45) is 0 Å². The highest BCUT2D eigenvalue weighted by Gasteiger charge is 2.21. The van der Waals surface area contributed by atoms with E-state index in [1.165, 1.54) is 32.2 Å². The summed E-state index contributed by atoms with van der Waals surface area (Å²) in [4.78, 5) is 5.19. The molecule has 2 heteroatoms. The first-order chi connectivity index (χ1) is 13.4. The van der Waals surface area contributed by atoms with Crippen molar-refractivity contribution in [2.45, 2.75) is 0 Å². The fourth-order valence-electron chi connectivity index (χ4n) is 3.60. The van der Waals surface area contributed by atoms with Crippen LogP contribution >= 0.6 is 7.92 Å². The van der Waals surface area contributed by atoms with E-state index in [-0.39, 0.29) is 0 Å². The van der Waals surface area contributed by atoms with Crippen molar-refractivity contribution in [2.75, 3.05) is 0 Å². The van der Waals surface area contributed by atoms with Crippen LogP contribution in [-0.4, -0.2) is 4.98 Å². The van der Waals surface area contributed by atoms with Crippen molar-refractivity contribution < 1.29 is 0 Å². The number of rotatable bonds is 3. The number of aromatic nitrogens is 1. The summed E-state index contributed by atoms with van der Waals surface area (Å²) in [5, 5.41) is 6.39. The molecule has 0 aliphatic rings. The Bertz CT molecular complexity index is 1180. The van der Waals surface area contributed by atoms with Crippen molar-refractivity contribution in [1.82, 2.24) is 4.98 Å². The Kier molecular flexibility index (Phi) is 4.16. The molecule has 0 aliphatic carbocycles. The molecule has 0 fully saturated rings. The van der Waals surface area contributed by atoms with Crippen LogP contribution in [0.3, 0.4) is 0 Å². The van der Waals surface area contributed by atoms with Gasteiger partial charge >= 0.3 is 0 Å². The minimum absolute atomic E-state index is 0.730. The van der Waals surface area contributed by atoms with Crippen LogP contribution in [0.1, 0.15) is 0 Å². The van der Waals surface area contributed by atoms with Crippen molar-refractivity contribution >= 4 is 45.6 Å². The van der Waals surface area contributed by atoms with E-state index in [0.717, 1.165) is 5.52 Å². The van der Waals surface area contributed by atoms with Crippen molar-refractivity contribution in [3.05, 3.63) is 109 Å². The van der Waals surface area contributed by atoms with Crippen LogP contribution in [-0.2, 0) is 0 Å². The molecule has 1 heterocycles. The zero-order chi connectivity index (χ0) is 18.1. The highest BCUT2D eigenvalue weighted by Crippen LogP contribution is 2.36. The summed E-state index contributed by atoms with van der Waals surface area (Å²) in [5.74, 6) is 0. The van der Waals surface area contributed by atoms with Crippen LogP contribution in [0.25, 0.3) is 21.7 Å². The Hall–Kier alpha value is -3.02. The van der Waals surface area contributed by atoms with Crippen LogP contribution in [0.15, 0.2) is 109 Å². The molecule has 4 aromatic carbocycles. The number of benzene rings is 4. The first kappa shape index (κ1) is 16.2. The topological polar surface area (TPSA) is 12.9 Å². The van der Waals surface area contributed by atoms with Gasteiger partial charge in [0, 0.05) is 18.7 Å². The highest BCUT2D eigenvalue weighted by atomic mass is 31.1. The van der Waals surface area contributed by atoms with Crippen LogP contribution in [0.4, 0.5) is 0 Å². The molecule has 128 valence electrons. The van der Waals surface area contributed by atoms with Crippen LogP contribution in [0.5, 0.6) is 0 Å². The van der Waals surface area contributed by atoms with Gasteiger partial charge in [0.15, 0.2) is 0 Å². The van der Waals surface area contributed by atoms with Gasteiger partial charge in [-0.1, -0.05) is 103 Å². The molecule has 27 heavy (non-hydrogen) atoms. The largest absolute Gasteiger partial charge is 0.247 e. The van der Waals surface area contributed by atoms with Gasteiger partial charge in [0.05, 0.1) is 11.0 Å². The van der Waals surface area contributed by atoms with Crippen molar-refractivity contribution in [1.29, 1.82) is 0 Å². The second kappa shape index (κ2) is 6.95. The minimum atomic E-state index is -0.730. The molecular weight excluding hydrogens is 345 g/mol. The van der Waals surface area contributed by atoms with E-state index in [1.54, 1.807) is 0 Å². The molecule has 0 radical (unpaired) electrons. The lowest BCUT2D eigenvalue weighted by Gasteiger charge is -2.21. The first-order valence-corrected chi connectivity index (χ1v) is 10.4. The molecule has 0 saturated heterocycles. The Morgan fingerprint density at radius 1 is 0.444 bits per heavy atom. The number of fused-ring (bicyclic) bond motifs is 3. The zero-order valence-electron chi connectivity index (χ0n) is 14.8. The van der Waals surface area contributed by atoms with Crippen molar-refractivity contribution in [3.63, 3.8) is 0 Å². The fraction of sp³-hybridized carbons (Fsp3) is 0. The fourth-order valence-corrected chi connectivity index (χ4v) is 5.98. The number of pyridine rings is 1. The van der Waals surface area contributed by atoms with Crippen LogP contribution in [0, 0.1) is 0 Å². The van der Waals surface area contributed by atoms with Gasteiger partial charge in [-0.15, -0.1) is 0 Å². The van der Waals surface area contributed by atoms with Crippen LogP contribution < -0.4 is 16.0 Å². The van der Waals surface area contributed by atoms with Gasteiger partial charge in [-0.3, -0.25) is 0 Å². The summed E-state index contributed by atoms with van der Waals surface area (Å²) in [6.07, 6.45) is 0. The van der Waals surface area contributed by atoms with E-state index in [1.807, 2.05) is 0 Å². The van der Waals surface area contributed by atoms with Gasteiger partial charge in [0.1, 0.15) is 0 Å². The molecule has 5 aromatic rings. The van der Waals surface area contributed by atoms with E-state index in [4.69, 9.17) is 4.98 Å². The predicted molar refractivity (Wildman–Crippen MR) is 118 cm³/mol.